The van der Waals surface area contributed by atoms with Crippen LogP contribution in [0, 0.1) is 5.92 Å². The summed E-state index contributed by atoms with van der Waals surface area (Å²) in [6.07, 6.45) is 2.16. The Bertz CT molecular complexity index is 586. The van der Waals surface area contributed by atoms with Crippen LogP contribution in [0.15, 0.2) is 23.1 Å². The minimum atomic E-state index is -3.30. The van der Waals surface area contributed by atoms with Crippen LogP contribution < -0.4 is 10.5 Å². The van der Waals surface area contributed by atoms with Gasteiger partial charge in [0, 0.05) is 18.8 Å². The van der Waals surface area contributed by atoms with E-state index < -0.39 is 9.84 Å². The predicted molar refractivity (Wildman–Crippen MR) is 78.6 cm³/mol. The summed E-state index contributed by atoms with van der Waals surface area (Å²) in [5.41, 5.74) is 6.74. The van der Waals surface area contributed by atoms with Gasteiger partial charge in [-0.15, -0.1) is 0 Å². The maximum Gasteiger partial charge on any atom is 0.179 e. The highest BCUT2D eigenvalue weighted by Gasteiger charge is 2.30. The van der Waals surface area contributed by atoms with Crippen LogP contribution in [0.2, 0.25) is 0 Å². The van der Waals surface area contributed by atoms with Crippen molar-refractivity contribution in [1.82, 2.24) is 4.90 Å². The third kappa shape index (κ3) is 2.97. The fourth-order valence-corrected chi connectivity index (χ4v) is 3.72. The van der Waals surface area contributed by atoms with E-state index in [2.05, 4.69) is 4.90 Å². The normalized spacial score (nSPS) is 24.0. The van der Waals surface area contributed by atoms with Crippen molar-refractivity contribution >= 4 is 9.84 Å². The molecular formula is C14H22N2O3S. The molecule has 1 aromatic carbocycles. The topological polar surface area (TPSA) is 72.6 Å². The highest BCUT2D eigenvalue weighted by molar-refractivity contribution is 7.90. The summed E-state index contributed by atoms with van der Waals surface area (Å²) in [6, 6.07) is 5.62. The summed E-state index contributed by atoms with van der Waals surface area (Å²) >= 11 is 0. The van der Waals surface area contributed by atoms with E-state index in [1.807, 2.05) is 13.1 Å². The Morgan fingerprint density at radius 1 is 1.45 bits per heavy atom. The second-order valence-electron chi connectivity index (χ2n) is 5.48. The molecule has 1 heterocycles. The number of hydrogen-bond acceptors (Lipinski definition) is 5. The van der Waals surface area contributed by atoms with Crippen molar-refractivity contribution in [2.75, 3.05) is 33.5 Å². The van der Waals surface area contributed by atoms with Gasteiger partial charge in [-0.25, -0.2) is 8.42 Å². The lowest BCUT2D eigenvalue weighted by Crippen LogP contribution is -2.20. The number of likely N-dealkylation sites (tertiary alicyclic amines) is 1. The quantitative estimate of drug-likeness (QED) is 0.899. The van der Waals surface area contributed by atoms with Gasteiger partial charge in [-0.05, 0) is 43.6 Å². The highest BCUT2D eigenvalue weighted by Crippen LogP contribution is 2.36. The van der Waals surface area contributed by atoms with Gasteiger partial charge in [-0.2, -0.15) is 0 Å². The lowest BCUT2D eigenvalue weighted by Gasteiger charge is -2.20. The maximum atomic E-state index is 11.9. The fraction of sp³-hybridized carbons (Fsp3) is 0.571. The Kier molecular flexibility index (Phi) is 4.36. The molecule has 6 heteroatoms. The Balaban J connectivity index is 2.39. The van der Waals surface area contributed by atoms with Gasteiger partial charge in [-0.1, -0.05) is 6.07 Å². The van der Waals surface area contributed by atoms with Crippen LogP contribution in [-0.2, 0) is 9.84 Å². The summed E-state index contributed by atoms with van der Waals surface area (Å²) in [6.45, 7) is 1.61. The van der Waals surface area contributed by atoms with E-state index in [9.17, 15) is 8.42 Å². The molecule has 0 aromatic heterocycles. The molecule has 0 spiro atoms. The zero-order chi connectivity index (χ0) is 14.9. The molecule has 112 valence electrons. The first-order valence-corrected chi connectivity index (χ1v) is 8.54. The molecule has 1 fully saturated rings. The maximum absolute atomic E-state index is 11.9. The average Bonchev–Trinajstić information content (AvgIpc) is 2.78. The first-order valence-electron chi connectivity index (χ1n) is 6.65. The van der Waals surface area contributed by atoms with Gasteiger partial charge in [0.15, 0.2) is 9.84 Å². The molecular weight excluding hydrogens is 276 g/mol. The number of nitrogens with two attached hydrogens (primary N) is 1. The standard InChI is InChI=1S/C14H22N2O3S/c1-16-9-10(8-15)6-12(16)11-4-5-13(19-2)14(7-11)20(3,17)18/h4-5,7,10,12H,6,8-9,15H2,1-3H3. The van der Waals surface area contributed by atoms with Crippen LogP contribution in [0.3, 0.4) is 0 Å². The first-order chi connectivity index (χ1) is 9.36. The number of hydrogen-bond donors (Lipinski definition) is 1. The van der Waals surface area contributed by atoms with E-state index in [0.29, 0.717) is 18.2 Å². The third-order valence-electron chi connectivity index (χ3n) is 3.94. The summed E-state index contributed by atoms with van der Waals surface area (Å²) in [7, 11) is 0.226. The summed E-state index contributed by atoms with van der Waals surface area (Å²) in [5.74, 6) is 0.862. The summed E-state index contributed by atoms with van der Waals surface area (Å²) in [4.78, 5) is 2.48. The summed E-state index contributed by atoms with van der Waals surface area (Å²) in [5, 5.41) is 0. The zero-order valence-electron chi connectivity index (χ0n) is 12.2. The third-order valence-corrected chi connectivity index (χ3v) is 5.06. The molecule has 1 saturated heterocycles. The van der Waals surface area contributed by atoms with E-state index in [1.54, 1.807) is 12.1 Å². The number of benzene rings is 1. The van der Waals surface area contributed by atoms with Crippen molar-refractivity contribution < 1.29 is 13.2 Å². The van der Waals surface area contributed by atoms with Crippen LogP contribution in [0.4, 0.5) is 0 Å². The Morgan fingerprint density at radius 2 is 2.15 bits per heavy atom. The van der Waals surface area contributed by atoms with Crippen molar-refractivity contribution in [3.05, 3.63) is 23.8 Å². The summed E-state index contributed by atoms with van der Waals surface area (Å²) < 4.78 is 28.9. The Morgan fingerprint density at radius 3 is 2.65 bits per heavy atom. The minimum Gasteiger partial charge on any atom is -0.495 e. The lowest BCUT2D eigenvalue weighted by molar-refractivity contribution is 0.313. The van der Waals surface area contributed by atoms with Crippen molar-refractivity contribution in [2.45, 2.75) is 17.4 Å². The van der Waals surface area contributed by atoms with Crippen LogP contribution in [-0.4, -0.2) is 46.8 Å². The molecule has 1 aliphatic heterocycles. The van der Waals surface area contributed by atoms with Gasteiger partial charge in [-0.3, -0.25) is 4.90 Å². The van der Waals surface area contributed by atoms with Gasteiger partial charge in [0.05, 0.1) is 7.11 Å². The minimum absolute atomic E-state index is 0.218. The average molecular weight is 298 g/mol. The van der Waals surface area contributed by atoms with Gasteiger partial charge in [0.2, 0.25) is 0 Å². The fourth-order valence-electron chi connectivity index (χ4n) is 2.86. The number of ether oxygens (including phenoxy) is 1. The van der Waals surface area contributed by atoms with Gasteiger partial charge in [0.25, 0.3) is 0 Å². The number of rotatable bonds is 4. The molecule has 2 N–H and O–H groups in total. The van der Waals surface area contributed by atoms with E-state index in [-0.39, 0.29) is 10.9 Å². The van der Waals surface area contributed by atoms with Crippen LogP contribution >= 0.6 is 0 Å². The lowest BCUT2D eigenvalue weighted by atomic mass is 10.00. The van der Waals surface area contributed by atoms with Gasteiger partial charge in [0.1, 0.15) is 10.6 Å². The second kappa shape index (κ2) is 5.71. The SMILES string of the molecule is COc1ccc(C2CC(CN)CN2C)cc1S(C)(=O)=O. The van der Waals surface area contributed by atoms with Crippen LogP contribution in [0.25, 0.3) is 0 Å². The molecule has 20 heavy (non-hydrogen) atoms. The molecule has 1 aliphatic rings. The molecule has 2 atom stereocenters. The monoisotopic (exact) mass is 298 g/mol. The molecule has 0 bridgehead atoms. The molecule has 2 rings (SSSR count). The zero-order valence-corrected chi connectivity index (χ0v) is 13.0. The second-order valence-corrected chi connectivity index (χ2v) is 7.46. The number of nitrogens with zero attached hydrogens (tertiary/aromatic N) is 1. The molecule has 1 aromatic rings. The molecule has 0 saturated carbocycles. The van der Waals surface area contributed by atoms with Crippen LogP contribution in [0.1, 0.15) is 18.0 Å². The number of sulfone groups is 1. The highest BCUT2D eigenvalue weighted by atomic mass is 32.2. The van der Waals surface area contributed by atoms with E-state index >= 15 is 0 Å². The van der Waals surface area contributed by atoms with E-state index in [4.69, 9.17) is 10.5 Å². The molecule has 0 aliphatic carbocycles. The largest absolute Gasteiger partial charge is 0.495 e. The molecule has 2 unspecified atom stereocenters. The Labute approximate surface area is 120 Å². The van der Waals surface area contributed by atoms with Crippen molar-refractivity contribution in [1.29, 1.82) is 0 Å². The smallest absolute Gasteiger partial charge is 0.179 e. The first kappa shape index (κ1) is 15.3. The van der Waals surface area contributed by atoms with E-state index in [0.717, 1.165) is 18.5 Å². The molecule has 0 radical (unpaired) electrons. The van der Waals surface area contributed by atoms with Gasteiger partial charge >= 0.3 is 0 Å². The van der Waals surface area contributed by atoms with Crippen molar-refractivity contribution in [2.24, 2.45) is 11.7 Å². The van der Waals surface area contributed by atoms with E-state index in [1.165, 1.54) is 13.4 Å². The molecule has 5 nitrogen and oxygen atoms in total. The molecule has 0 amide bonds. The van der Waals surface area contributed by atoms with Crippen molar-refractivity contribution in [3.8, 4) is 5.75 Å². The van der Waals surface area contributed by atoms with Crippen molar-refractivity contribution in [3.63, 3.8) is 0 Å². The predicted octanol–water partition coefficient (Wildman–Crippen LogP) is 1.05. The van der Waals surface area contributed by atoms with Crippen LogP contribution in [0.5, 0.6) is 5.75 Å². The Hall–Kier alpha value is -1.11. The number of methoxy groups -OCH3 is 1. The van der Waals surface area contributed by atoms with Gasteiger partial charge < -0.3 is 10.5 Å².